The van der Waals surface area contributed by atoms with Crippen LogP contribution < -0.4 is 11.1 Å². The first-order valence-electron chi connectivity index (χ1n) is 6.84. The number of nitrogens with one attached hydrogen (secondary N) is 1. The molecule has 4 nitrogen and oxygen atoms in total. The van der Waals surface area contributed by atoms with Crippen LogP contribution in [0.15, 0.2) is 11.4 Å². The highest BCUT2D eigenvalue weighted by atomic mass is 32.1. The highest BCUT2D eigenvalue weighted by Gasteiger charge is 2.22. The van der Waals surface area contributed by atoms with Gasteiger partial charge < -0.3 is 15.8 Å². The van der Waals surface area contributed by atoms with Gasteiger partial charge in [-0.25, -0.2) is 0 Å². The molecule has 0 radical (unpaired) electrons. The summed E-state index contributed by atoms with van der Waals surface area (Å²) >= 11 is 1.58. The average Bonchev–Trinajstić information content (AvgIpc) is 2.76. The van der Waals surface area contributed by atoms with E-state index in [9.17, 15) is 4.79 Å². The highest BCUT2D eigenvalue weighted by Crippen LogP contribution is 2.21. The normalized spacial score (nSPS) is 24.1. The summed E-state index contributed by atoms with van der Waals surface area (Å²) in [6.45, 7) is 0.780. The zero-order valence-corrected chi connectivity index (χ0v) is 12.2. The molecule has 1 aromatic heterocycles. The number of hydrogen-bond donors (Lipinski definition) is 2. The first-order chi connectivity index (χ1) is 9.20. The fourth-order valence-electron chi connectivity index (χ4n) is 2.62. The van der Waals surface area contributed by atoms with Crippen LogP contribution in [0.4, 0.5) is 0 Å². The monoisotopic (exact) mass is 282 g/mol. The van der Waals surface area contributed by atoms with Crippen molar-refractivity contribution in [2.24, 2.45) is 5.73 Å². The summed E-state index contributed by atoms with van der Waals surface area (Å²) in [7, 11) is 1.79. The van der Waals surface area contributed by atoms with E-state index in [4.69, 9.17) is 10.5 Å². The molecule has 0 bridgehead atoms. The van der Waals surface area contributed by atoms with Gasteiger partial charge >= 0.3 is 0 Å². The van der Waals surface area contributed by atoms with Gasteiger partial charge in [0, 0.05) is 30.0 Å². The number of ether oxygens (including phenoxy) is 1. The molecule has 0 aromatic carbocycles. The van der Waals surface area contributed by atoms with E-state index >= 15 is 0 Å². The minimum absolute atomic E-state index is 0.304. The number of nitrogens with two attached hydrogens (primary N) is 1. The summed E-state index contributed by atoms with van der Waals surface area (Å²) in [5.74, 6) is -0.355. The Kier molecular flexibility index (Phi) is 5.36. The maximum absolute atomic E-state index is 11.1. The van der Waals surface area contributed by atoms with Crippen molar-refractivity contribution >= 4 is 17.2 Å². The number of thiophene rings is 1. The van der Waals surface area contributed by atoms with Crippen molar-refractivity contribution in [3.05, 3.63) is 21.9 Å². The highest BCUT2D eigenvalue weighted by molar-refractivity contribution is 7.10. The molecule has 5 heteroatoms. The Morgan fingerprint density at radius 1 is 1.47 bits per heavy atom. The number of methoxy groups -OCH3 is 1. The van der Waals surface area contributed by atoms with Gasteiger partial charge in [0.2, 0.25) is 5.91 Å². The predicted molar refractivity (Wildman–Crippen MR) is 77.3 cm³/mol. The number of carbonyl (C=O) groups excluding carboxylic acids is 1. The number of amides is 1. The van der Waals surface area contributed by atoms with Crippen molar-refractivity contribution in [1.82, 2.24) is 5.32 Å². The molecule has 2 rings (SSSR count). The van der Waals surface area contributed by atoms with Crippen LogP contribution in [-0.2, 0) is 11.3 Å². The molecule has 1 heterocycles. The van der Waals surface area contributed by atoms with Crippen molar-refractivity contribution in [1.29, 1.82) is 0 Å². The van der Waals surface area contributed by atoms with Crippen molar-refractivity contribution < 1.29 is 9.53 Å². The van der Waals surface area contributed by atoms with Crippen LogP contribution in [0, 0.1) is 0 Å². The molecule has 1 aliphatic carbocycles. The van der Waals surface area contributed by atoms with Crippen LogP contribution >= 0.6 is 11.3 Å². The smallest absolute Gasteiger partial charge is 0.249 e. The van der Waals surface area contributed by atoms with Gasteiger partial charge in [-0.3, -0.25) is 4.79 Å². The van der Waals surface area contributed by atoms with E-state index in [2.05, 4.69) is 5.32 Å². The molecule has 1 aromatic rings. The van der Waals surface area contributed by atoms with Crippen LogP contribution in [0.1, 0.15) is 47.3 Å². The lowest BCUT2D eigenvalue weighted by atomic mass is 10.1. The number of carbonyl (C=O) groups is 1. The Labute approximate surface area is 118 Å². The Morgan fingerprint density at radius 2 is 2.26 bits per heavy atom. The lowest BCUT2D eigenvalue weighted by molar-refractivity contribution is 0.0626. The Hall–Kier alpha value is -0.910. The summed E-state index contributed by atoms with van der Waals surface area (Å²) in [5, 5.41) is 5.38. The second kappa shape index (κ2) is 7.03. The van der Waals surface area contributed by atoms with Gasteiger partial charge in [0.25, 0.3) is 0 Å². The fraction of sp³-hybridized carbons (Fsp3) is 0.643. The van der Waals surface area contributed by atoms with Gasteiger partial charge in [0.1, 0.15) is 0 Å². The molecule has 1 amide bonds. The summed E-state index contributed by atoms with van der Waals surface area (Å²) < 4.78 is 5.58. The van der Waals surface area contributed by atoms with E-state index in [1.165, 1.54) is 19.3 Å². The first-order valence-corrected chi connectivity index (χ1v) is 7.72. The van der Waals surface area contributed by atoms with E-state index in [-0.39, 0.29) is 5.91 Å². The first kappa shape index (κ1) is 14.5. The molecule has 2 atom stereocenters. The molecule has 1 aliphatic rings. The van der Waals surface area contributed by atoms with Crippen molar-refractivity contribution in [3.8, 4) is 0 Å². The third-order valence-electron chi connectivity index (χ3n) is 3.73. The minimum atomic E-state index is -0.355. The Bertz CT molecular complexity index is 419. The summed E-state index contributed by atoms with van der Waals surface area (Å²) in [6.07, 6.45) is 6.40. The lowest BCUT2D eigenvalue weighted by Gasteiger charge is -2.24. The number of hydrogen-bond acceptors (Lipinski definition) is 4. The zero-order chi connectivity index (χ0) is 13.7. The van der Waals surface area contributed by atoms with Crippen LogP contribution in [-0.4, -0.2) is 25.2 Å². The van der Waals surface area contributed by atoms with Gasteiger partial charge in [-0.05, 0) is 18.9 Å². The summed E-state index contributed by atoms with van der Waals surface area (Å²) in [4.78, 5) is 12.2. The van der Waals surface area contributed by atoms with Crippen LogP contribution in [0.2, 0.25) is 0 Å². The minimum Gasteiger partial charge on any atom is -0.380 e. The maximum atomic E-state index is 11.1. The van der Waals surface area contributed by atoms with Gasteiger partial charge in [-0.15, -0.1) is 11.3 Å². The third kappa shape index (κ3) is 4.03. The predicted octanol–water partition coefficient (Wildman–Crippen LogP) is 2.28. The van der Waals surface area contributed by atoms with E-state index < -0.39 is 0 Å². The quantitative estimate of drug-likeness (QED) is 0.814. The Morgan fingerprint density at radius 3 is 2.95 bits per heavy atom. The van der Waals surface area contributed by atoms with E-state index in [1.807, 2.05) is 11.4 Å². The van der Waals surface area contributed by atoms with Gasteiger partial charge in [-0.1, -0.05) is 19.3 Å². The Balaban J connectivity index is 1.90. The lowest BCUT2D eigenvalue weighted by Crippen LogP contribution is -2.39. The van der Waals surface area contributed by atoms with Crippen LogP contribution in [0.5, 0.6) is 0 Å². The molecule has 0 unspecified atom stereocenters. The molecular formula is C14H22N2O2S. The van der Waals surface area contributed by atoms with E-state index in [1.54, 1.807) is 18.4 Å². The largest absolute Gasteiger partial charge is 0.380 e. The maximum Gasteiger partial charge on any atom is 0.249 e. The molecule has 0 aliphatic heterocycles. The van der Waals surface area contributed by atoms with Crippen molar-refractivity contribution in [2.45, 2.75) is 50.8 Å². The van der Waals surface area contributed by atoms with Crippen LogP contribution in [0.3, 0.4) is 0 Å². The molecule has 1 saturated carbocycles. The van der Waals surface area contributed by atoms with Crippen molar-refractivity contribution in [3.63, 3.8) is 0 Å². The third-order valence-corrected chi connectivity index (χ3v) is 4.67. The number of rotatable bonds is 5. The zero-order valence-electron chi connectivity index (χ0n) is 11.4. The summed E-state index contributed by atoms with van der Waals surface area (Å²) in [5.41, 5.74) is 5.86. The molecule has 1 fully saturated rings. The fourth-order valence-corrected chi connectivity index (χ4v) is 3.45. The topological polar surface area (TPSA) is 64.3 Å². The second-order valence-electron chi connectivity index (χ2n) is 5.07. The van der Waals surface area contributed by atoms with Gasteiger partial charge in [0.15, 0.2) is 0 Å². The van der Waals surface area contributed by atoms with Crippen molar-refractivity contribution in [2.75, 3.05) is 7.11 Å². The molecular weight excluding hydrogens is 260 g/mol. The average molecular weight is 282 g/mol. The SMILES string of the molecule is CO[C@@H]1CCCCC[C@H]1NCc1cc(C(N)=O)cs1. The van der Waals surface area contributed by atoms with Gasteiger partial charge in [0.05, 0.1) is 11.7 Å². The van der Waals surface area contributed by atoms with Crippen LogP contribution in [0.25, 0.3) is 0 Å². The molecule has 106 valence electrons. The van der Waals surface area contributed by atoms with E-state index in [0.717, 1.165) is 24.3 Å². The molecule has 0 saturated heterocycles. The van der Waals surface area contributed by atoms with E-state index in [0.29, 0.717) is 17.7 Å². The van der Waals surface area contributed by atoms with Gasteiger partial charge in [-0.2, -0.15) is 0 Å². The molecule has 3 N–H and O–H groups in total. The standard InChI is InChI=1S/C14H22N2O2S/c1-18-13-6-4-2-3-5-12(13)16-8-11-7-10(9-19-11)14(15)17/h7,9,12-13,16H,2-6,8H2,1H3,(H2,15,17)/t12-,13-/m1/s1. The molecule has 0 spiro atoms. The number of primary amides is 1. The summed E-state index contributed by atoms with van der Waals surface area (Å²) in [6, 6.07) is 2.28. The molecule has 19 heavy (non-hydrogen) atoms. The second-order valence-corrected chi connectivity index (χ2v) is 6.06.